The molecule has 0 unspecified atom stereocenters. The minimum atomic E-state index is -2.48. The number of fused-ring (bicyclic) bond motifs is 12. The molecule has 8 aromatic carbocycles. The molecule has 0 fully saturated rings. The van der Waals surface area contributed by atoms with Crippen LogP contribution in [0.3, 0.4) is 0 Å². The van der Waals surface area contributed by atoms with Gasteiger partial charge in [-0.15, -0.1) is 0 Å². The second-order valence-corrected chi connectivity index (χ2v) is 19.1. The Bertz CT molecular complexity index is 3010. The third-order valence-electron chi connectivity index (χ3n) is 10.2. The van der Waals surface area contributed by atoms with Gasteiger partial charge in [-0.25, -0.2) is 0 Å². The molecule has 2 nitrogen and oxygen atoms in total. The van der Waals surface area contributed by atoms with E-state index in [9.17, 15) is 0 Å². The number of hydrogen-bond acceptors (Lipinski definition) is 3. The van der Waals surface area contributed by atoms with E-state index in [1.807, 2.05) is 17.5 Å². The van der Waals surface area contributed by atoms with Gasteiger partial charge in [-0.3, -0.25) is 0 Å². The maximum atomic E-state index is 5.68. The first-order valence-electron chi connectivity index (χ1n) is 17.5. The summed E-state index contributed by atoms with van der Waals surface area (Å²) in [6.45, 7) is 0. The molecule has 0 radical (unpaired) electrons. The second-order valence-electron chi connectivity index (χ2n) is 13.2. The van der Waals surface area contributed by atoms with E-state index >= 15 is 0 Å². The van der Waals surface area contributed by atoms with Crippen molar-refractivity contribution in [3.63, 3.8) is 0 Å². The molecule has 1 aliphatic rings. The van der Waals surface area contributed by atoms with Gasteiger partial charge < -0.3 is 0 Å². The molecule has 11 rings (SSSR count). The third-order valence-corrected chi connectivity index (χ3v) is 17.8. The van der Waals surface area contributed by atoms with Gasteiger partial charge in [0.1, 0.15) is 0 Å². The summed E-state index contributed by atoms with van der Waals surface area (Å²) < 4.78 is 6.80. The molecular weight excluding hydrogens is 764 g/mol. The summed E-state index contributed by atoms with van der Waals surface area (Å²) in [6, 6.07) is 61.7. The van der Waals surface area contributed by atoms with Crippen molar-refractivity contribution in [2.45, 2.75) is 0 Å². The fraction of sp³-hybridized carbons (Fsp3) is 0. The second kappa shape index (κ2) is 11.9. The summed E-state index contributed by atoms with van der Waals surface area (Å²) in [5, 5.41) is 7.99. The van der Waals surface area contributed by atoms with Crippen LogP contribution in [0.2, 0.25) is 0 Å². The Labute approximate surface area is 312 Å². The van der Waals surface area contributed by atoms with E-state index in [1.165, 1.54) is 71.1 Å². The number of hydrogen-bond donors (Lipinski definition) is 0. The zero-order valence-corrected chi connectivity index (χ0v) is 30.9. The average Bonchev–Trinajstić information content (AvgIpc) is 3.79. The monoisotopic (exact) mass is 792 g/mol. The molecule has 10 aromatic rings. The Morgan fingerprint density at radius 1 is 0.481 bits per heavy atom. The van der Waals surface area contributed by atoms with E-state index in [2.05, 4.69) is 170 Å². The Morgan fingerprint density at radius 3 is 1.92 bits per heavy atom. The van der Waals surface area contributed by atoms with Gasteiger partial charge in [0.25, 0.3) is 0 Å². The SMILES string of the molecule is c1ccc(-c2ccc(-c3ncc(-c4ccccc4)nc3I3c4ccccc4-c4c3c3sc5ccc6ccccc6c5c3c3ccccc43)cc2)cc1. The van der Waals surface area contributed by atoms with Crippen LogP contribution in [-0.2, 0) is 0 Å². The van der Waals surface area contributed by atoms with Crippen LogP contribution in [0.15, 0.2) is 176 Å². The molecule has 0 bridgehead atoms. The van der Waals surface area contributed by atoms with Gasteiger partial charge in [-0.1, -0.05) is 0 Å². The van der Waals surface area contributed by atoms with E-state index in [0.29, 0.717) is 0 Å². The molecule has 52 heavy (non-hydrogen) atoms. The summed E-state index contributed by atoms with van der Waals surface area (Å²) in [4.78, 5) is 11.0. The van der Waals surface area contributed by atoms with Crippen LogP contribution in [0.25, 0.3) is 86.5 Å². The molecule has 0 saturated carbocycles. The van der Waals surface area contributed by atoms with Crippen molar-refractivity contribution >= 4 is 72.9 Å². The van der Waals surface area contributed by atoms with Crippen LogP contribution in [-0.4, -0.2) is 9.97 Å². The molecule has 3 heterocycles. The van der Waals surface area contributed by atoms with Gasteiger partial charge in [-0.2, -0.15) is 0 Å². The molecule has 2 aromatic heterocycles. The van der Waals surface area contributed by atoms with E-state index in [4.69, 9.17) is 9.97 Å². The van der Waals surface area contributed by atoms with E-state index in [1.54, 1.807) is 0 Å². The minimum absolute atomic E-state index is 0.919. The van der Waals surface area contributed by atoms with Crippen LogP contribution < -0.4 is 0 Å². The number of halogens is 1. The van der Waals surface area contributed by atoms with Crippen LogP contribution in [0, 0.1) is 10.8 Å². The van der Waals surface area contributed by atoms with Crippen molar-refractivity contribution in [1.29, 1.82) is 0 Å². The Hall–Kier alpha value is -5.69. The van der Waals surface area contributed by atoms with Gasteiger partial charge in [0, 0.05) is 0 Å². The summed E-state index contributed by atoms with van der Waals surface area (Å²) in [5.41, 5.74) is 9.23. The molecule has 0 saturated heterocycles. The van der Waals surface area contributed by atoms with Crippen LogP contribution in [0.5, 0.6) is 0 Å². The Morgan fingerprint density at radius 2 is 1.12 bits per heavy atom. The predicted molar refractivity (Wildman–Crippen MR) is 228 cm³/mol. The van der Waals surface area contributed by atoms with E-state index in [0.717, 1.165) is 26.2 Å². The molecule has 0 N–H and O–H groups in total. The Kier molecular flexibility index (Phi) is 6.89. The molecular formula is C48H29IN2S. The molecule has 0 atom stereocenters. The quantitative estimate of drug-likeness (QED) is 0.166. The van der Waals surface area contributed by atoms with Gasteiger partial charge in [-0.05, 0) is 0 Å². The summed E-state index contributed by atoms with van der Waals surface area (Å²) in [6.07, 6.45) is 1.97. The Balaban J connectivity index is 1.24. The standard InChI is InChI=1S/C48H29IN2S/c1-3-13-30(14-4-1)31-23-25-34(26-24-31)46-48(51-40(29-50-46)33-16-5-2-6-17-33)49-39-22-12-11-21-38(39)42-36-19-9-10-20-37(36)44-43-35-18-8-7-15-32(35)27-28-41(43)52-47(44)45(42)49/h1-29H. The van der Waals surface area contributed by atoms with Crippen LogP contribution in [0.4, 0.5) is 0 Å². The van der Waals surface area contributed by atoms with Gasteiger partial charge in [0.2, 0.25) is 0 Å². The van der Waals surface area contributed by atoms with Gasteiger partial charge in [0.05, 0.1) is 0 Å². The number of rotatable bonds is 4. The van der Waals surface area contributed by atoms with E-state index < -0.39 is 19.8 Å². The summed E-state index contributed by atoms with van der Waals surface area (Å²) in [5.74, 6) is 0. The van der Waals surface area contributed by atoms with Gasteiger partial charge in [0.15, 0.2) is 0 Å². The molecule has 1 aliphatic heterocycles. The van der Waals surface area contributed by atoms with Crippen molar-refractivity contribution in [1.82, 2.24) is 9.97 Å². The van der Waals surface area contributed by atoms with E-state index in [-0.39, 0.29) is 0 Å². The number of thiophene rings is 1. The maximum absolute atomic E-state index is 5.68. The third kappa shape index (κ3) is 4.54. The van der Waals surface area contributed by atoms with Crippen molar-refractivity contribution in [3.05, 3.63) is 187 Å². The molecule has 0 amide bonds. The molecule has 0 spiro atoms. The number of aromatic nitrogens is 2. The first kappa shape index (κ1) is 30.0. The first-order chi connectivity index (χ1) is 25.8. The van der Waals surface area contributed by atoms with Crippen molar-refractivity contribution < 1.29 is 0 Å². The normalized spacial score (nSPS) is 12.9. The van der Waals surface area contributed by atoms with Crippen LogP contribution in [0.1, 0.15) is 0 Å². The fourth-order valence-electron chi connectivity index (χ4n) is 7.88. The van der Waals surface area contributed by atoms with Crippen LogP contribution >= 0.6 is 31.2 Å². The average molecular weight is 793 g/mol. The fourth-order valence-corrected chi connectivity index (χ4v) is 16.5. The van der Waals surface area contributed by atoms with Gasteiger partial charge >= 0.3 is 315 Å². The van der Waals surface area contributed by atoms with Crippen molar-refractivity contribution in [2.24, 2.45) is 0 Å². The molecule has 4 heteroatoms. The number of nitrogens with zero attached hydrogens (tertiary/aromatic N) is 2. The zero-order chi connectivity index (χ0) is 34.2. The summed E-state index contributed by atoms with van der Waals surface area (Å²) in [7, 11) is 0. The zero-order valence-electron chi connectivity index (χ0n) is 27.9. The summed E-state index contributed by atoms with van der Waals surface area (Å²) >= 11 is -0.517. The molecule has 0 aliphatic carbocycles. The predicted octanol–water partition coefficient (Wildman–Crippen LogP) is 13.5. The van der Waals surface area contributed by atoms with Crippen molar-refractivity contribution in [2.75, 3.05) is 0 Å². The van der Waals surface area contributed by atoms with Crippen molar-refractivity contribution in [3.8, 4) is 44.8 Å². The molecule has 244 valence electrons. The number of benzene rings is 8. The first-order valence-corrected chi connectivity index (χ1v) is 21.5. The topological polar surface area (TPSA) is 25.8 Å².